The third-order valence-electron chi connectivity index (χ3n) is 0.759. The van der Waals surface area contributed by atoms with Crippen molar-refractivity contribution in [3.63, 3.8) is 0 Å². The Morgan fingerprint density at radius 1 is 1.57 bits per heavy atom. The Labute approximate surface area is 89.7 Å². The van der Waals surface area contributed by atoms with Gasteiger partial charge in [0.25, 0.3) is 5.97 Å². The summed E-state index contributed by atoms with van der Waals surface area (Å²) in [5, 5.41) is 12.5. The standard InChI is InChI=1S/C5H5ClN2OS.C2H4O2/c1-3(9)7-5-8-4(6)2-10-5;1-2(3)4/h2H,1H3,(H,7,8,9);1H3,(H,3,4). The van der Waals surface area contributed by atoms with Crippen molar-refractivity contribution in [3.8, 4) is 0 Å². The molecular formula is C7H9ClN2O3S. The Bertz CT molecular complexity index is 322. The Kier molecular flexibility index (Phi) is 5.82. The van der Waals surface area contributed by atoms with Gasteiger partial charge in [-0.2, -0.15) is 0 Å². The van der Waals surface area contributed by atoms with Crippen LogP contribution in [-0.2, 0) is 9.59 Å². The molecule has 14 heavy (non-hydrogen) atoms. The first kappa shape index (κ1) is 12.9. The molecule has 0 saturated carbocycles. The van der Waals surface area contributed by atoms with Gasteiger partial charge in [0.05, 0.1) is 0 Å². The lowest BCUT2D eigenvalue weighted by Gasteiger charge is -1.91. The summed E-state index contributed by atoms with van der Waals surface area (Å²) < 4.78 is 0. The van der Waals surface area contributed by atoms with Crippen LogP contribution in [0.25, 0.3) is 0 Å². The first-order valence-electron chi connectivity index (χ1n) is 3.50. The van der Waals surface area contributed by atoms with Crippen molar-refractivity contribution >= 4 is 39.9 Å². The number of carboxylic acids is 1. The Morgan fingerprint density at radius 2 is 2.07 bits per heavy atom. The van der Waals surface area contributed by atoms with Gasteiger partial charge in [0.2, 0.25) is 5.91 Å². The molecule has 0 spiro atoms. The fraction of sp³-hybridized carbons (Fsp3) is 0.286. The van der Waals surface area contributed by atoms with Crippen LogP contribution in [0.1, 0.15) is 13.8 Å². The number of carbonyl (C=O) groups excluding carboxylic acids is 1. The van der Waals surface area contributed by atoms with Crippen LogP contribution in [0.2, 0.25) is 5.15 Å². The third-order valence-corrected chi connectivity index (χ3v) is 1.84. The first-order valence-corrected chi connectivity index (χ1v) is 4.75. The number of nitrogens with zero attached hydrogens (tertiary/aromatic N) is 1. The van der Waals surface area contributed by atoms with Gasteiger partial charge >= 0.3 is 0 Å². The van der Waals surface area contributed by atoms with E-state index in [1.165, 1.54) is 18.3 Å². The number of aliphatic carboxylic acids is 1. The van der Waals surface area contributed by atoms with Gasteiger partial charge in [-0.3, -0.25) is 9.59 Å². The highest BCUT2D eigenvalue weighted by atomic mass is 35.5. The van der Waals surface area contributed by atoms with Gasteiger partial charge in [-0.15, -0.1) is 11.3 Å². The molecule has 0 unspecified atom stereocenters. The highest BCUT2D eigenvalue weighted by Crippen LogP contribution is 2.18. The van der Waals surface area contributed by atoms with Crippen molar-refractivity contribution in [2.75, 3.05) is 5.32 Å². The van der Waals surface area contributed by atoms with E-state index in [-0.39, 0.29) is 5.91 Å². The zero-order valence-corrected chi connectivity index (χ0v) is 9.15. The number of rotatable bonds is 1. The minimum absolute atomic E-state index is 0.133. The number of amides is 1. The summed E-state index contributed by atoms with van der Waals surface area (Å²) in [4.78, 5) is 23.2. The maximum atomic E-state index is 10.4. The van der Waals surface area contributed by atoms with E-state index in [9.17, 15) is 4.79 Å². The fourth-order valence-corrected chi connectivity index (χ4v) is 1.35. The molecule has 0 fully saturated rings. The van der Waals surface area contributed by atoms with Crippen LogP contribution in [0.4, 0.5) is 5.13 Å². The van der Waals surface area contributed by atoms with Gasteiger partial charge in [-0.05, 0) is 0 Å². The normalized spacial score (nSPS) is 8.50. The van der Waals surface area contributed by atoms with E-state index in [1.807, 2.05) is 0 Å². The van der Waals surface area contributed by atoms with Gasteiger partial charge in [0.15, 0.2) is 5.13 Å². The van der Waals surface area contributed by atoms with Crippen molar-refractivity contribution in [2.24, 2.45) is 0 Å². The predicted octanol–water partition coefficient (Wildman–Crippen LogP) is 1.85. The van der Waals surface area contributed by atoms with Gasteiger partial charge < -0.3 is 10.4 Å². The molecule has 1 aromatic heterocycles. The number of carboxylic acid groups (broad SMARTS) is 1. The molecule has 1 aromatic rings. The highest BCUT2D eigenvalue weighted by molar-refractivity contribution is 7.14. The van der Waals surface area contributed by atoms with E-state index < -0.39 is 5.97 Å². The number of hydrogen-bond donors (Lipinski definition) is 2. The lowest BCUT2D eigenvalue weighted by molar-refractivity contribution is -0.134. The number of halogens is 1. The summed E-state index contributed by atoms with van der Waals surface area (Å²) in [6, 6.07) is 0. The van der Waals surface area contributed by atoms with Gasteiger partial charge in [-0.1, -0.05) is 11.6 Å². The molecule has 0 radical (unpaired) electrons. The average Bonchev–Trinajstić information content (AvgIpc) is 2.32. The van der Waals surface area contributed by atoms with Crippen LogP contribution >= 0.6 is 22.9 Å². The van der Waals surface area contributed by atoms with Crippen molar-refractivity contribution in [2.45, 2.75) is 13.8 Å². The van der Waals surface area contributed by atoms with Gasteiger partial charge in [-0.25, -0.2) is 4.98 Å². The maximum Gasteiger partial charge on any atom is 0.300 e. The Morgan fingerprint density at radius 3 is 2.36 bits per heavy atom. The van der Waals surface area contributed by atoms with Crippen LogP contribution < -0.4 is 5.32 Å². The molecule has 2 N–H and O–H groups in total. The van der Waals surface area contributed by atoms with Gasteiger partial charge in [0, 0.05) is 19.2 Å². The molecule has 1 rings (SSSR count). The molecule has 78 valence electrons. The molecule has 0 saturated heterocycles. The molecule has 1 amide bonds. The molecule has 7 heteroatoms. The van der Waals surface area contributed by atoms with Gasteiger partial charge in [0.1, 0.15) is 5.15 Å². The number of thiazole rings is 1. The highest BCUT2D eigenvalue weighted by Gasteiger charge is 1.99. The Balaban J connectivity index is 0.000000364. The number of hydrogen-bond acceptors (Lipinski definition) is 4. The summed E-state index contributed by atoms with van der Waals surface area (Å²) in [7, 11) is 0. The average molecular weight is 237 g/mol. The van der Waals surface area contributed by atoms with Crippen LogP contribution in [0, 0.1) is 0 Å². The summed E-state index contributed by atoms with van der Waals surface area (Å²) >= 11 is 6.79. The molecule has 0 atom stereocenters. The van der Waals surface area contributed by atoms with Crippen LogP contribution in [0.3, 0.4) is 0 Å². The minimum Gasteiger partial charge on any atom is -0.481 e. The second-order valence-electron chi connectivity index (χ2n) is 2.18. The number of anilines is 1. The topological polar surface area (TPSA) is 79.3 Å². The summed E-state index contributed by atoms with van der Waals surface area (Å²) in [6.45, 7) is 2.51. The number of nitrogens with one attached hydrogen (secondary N) is 1. The quantitative estimate of drug-likeness (QED) is 0.780. The second kappa shape index (κ2) is 6.33. The van der Waals surface area contributed by atoms with Crippen molar-refractivity contribution in [1.82, 2.24) is 4.98 Å². The molecule has 0 aliphatic rings. The molecular weight excluding hydrogens is 228 g/mol. The smallest absolute Gasteiger partial charge is 0.300 e. The van der Waals surface area contributed by atoms with E-state index in [0.717, 1.165) is 6.92 Å². The van der Waals surface area contributed by atoms with E-state index in [4.69, 9.17) is 21.5 Å². The van der Waals surface area contributed by atoms with E-state index in [1.54, 1.807) is 5.38 Å². The SMILES string of the molecule is CC(=O)Nc1nc(Cl)cs1.CC(=O)O. The lowest BCUT2D eigenvalue weighted by Crippen LogP contribution is -2.04. The van der Waals surface area contributed by atoms with Crippen molar-refractivity contribution in [1.29, 1.82) is 0 Å². The summed E-state index contributed by atoms with van der Waals surface area (Å²) in [6.07, 6.45) is 0. The largest absolute Gasteiger partial charge is 0.481 e. The predicted molar refractivity (Wildman–Crippen MR) is 54.7 cm³/mol. The van der Waals surface area contributed by atoms with E-state index in [0.29, 0.717) is 10.3 Å². The summed E-state index contributed by atoms with van der Waals surface area (Å²) in [5.74, 6) is -0.967. The zero-order valence-electron chi connectivity index (χ0n) is 7.57. The van der Waals surface area contributed by atoms with Crippen molar-refractivity contribution in [3.05, 3.63) is 10.5 Å². The zero-order chi connectivity index (χ0) is 11.1. The Hall–Kier alpha value is -1.14. The molecule has 0 aromatic carbocycles. The van der Waals surface area contributed by atoms with E-state index in [2.05, 4.69) is 10.3 Å². The van der Waals surface area contributed by atoms with Crippen molar-refractivity contribution < 1.29 is 14.7 Å². The minimum atomic E-state index is -0.833. The maximum absolute atomic E-state index is 10.4. The lowest BCUT2D eigenvalue weighted by atomic mass is 10.7. The molecule has 0 bridgehead atoms. The van der Waals surface area contributed by atoms with Crippen LogP contribution in [-0.4, -0.2) is 22.0 Å². The molecule has 5 nitrogen and oxygen atoms in total. The van der Waals surface area contributed by atoms with Crippen LogP contribution in [0.5, 0.6) is 0 Å². The second-order valence-corrected chi connectivity index (χ2v) is 3.42. The third kappa shape index (κ3) is 7.51. The van der Waals surface area contributed by atoms with E-state index >= 15 is 0 Å². The number of carbonyl (C=O) groups is 2. The monoisotopic (exact) mass is 236 g/mol. The van der Waals surface area contributed by atoms with Crippen LogP contribution in [0.15, 0.2) is 5.38 Å². The molecule has 0 aliphatic heterocycles. The molecule has 0 aliphatic carbocycles. The first-order chi connectivity index (χ1) is 6.41. The fourth-order valence-electron chi connectivity index (χ4n) is 0.462. The molecule has 1 heterocycles. The summed E-state index contributed by atoms with van der Waals surface area (Å²) in [5.41, 5.74) is 0. The number of aromatic nitrogens is 1.